The van der Waals surface area contributed by atoms with Crippen molar-refractivity contribution in [1.29, 1.82) is 0 Å². The fourth-order valence-corrected chi connectivity index (χ4v) is 3.18. The highest BCUT2D eigenvalue weighted by Crippen LogP contribution is 2.26. The van der Waals surface area contributed by atoms with Crippen molar-refractivity contribution in [3.63, 3.8) is 0 Å². The molecule has 0 saturated heterocycles. The van der Waals surface area contributed by atoms with Gasteiger partial charge in [0.15, 0.2) is 0 Å². The summed E-state index contributed by atoms with van der Waals surface area (Å²) in [6, 6.07) is 10.8. The van der Waals surface area contributed by atoms with E-state index >= 15 is 0 Å². The van der Waals surface area contributed by atoms with Gasteiger partial charge in [-0.15, -0.1) is 0 Å². The number of hydrogen-bond donors (Lipinski definition) is 2. The Hall–Kier alpha value is -3.61. The van der Waals surface area contributed by atoms with Crippen molar-refractivity contribution in [2.45, 2.75) is 20.4 Å². The Morgan fingerprint density at radius 3 is 2.50 bits per heavy atom. The molecule has 3 N–H and O–H groups in total. The number of nitrogens with two attached hydrogens (primary N) is 1. The smallest absolute Gasteiger partial charge is 0.289 e. The van der Waals surface area contributed by atoms with E-state index < -0.39 is 11.7 Å². The molecule has 1 aromatic heterocycles. The third kappa shape index (κ3) is 3.59. The van der Waals surface area contributed by atoms with Crippen LogP contribution in [0.1, 0.15) is 21.5 Å². The van der Waals surface area contributed by atoms with Gasteiger partial charge in [-0.3, -0.25) is 14.4 Å². The molecule has 28 heavy (non-hydrogen) atoms. The third-order valence-electron chi connectivity index (χ3n) is 4.59. The number of anilines is 1. The van der Waals surface area contributed by atoms with Crippen LogP contribution in [0, 0.1) is 13.8 Å². The monoisotopic (exact) mass is 379 g/mol. The van der Waals surface area contributed by atoms with Crippen LogP contribution in [-0.4, -0.2) is 29.3 Å². The zero-order valence-corrected chi connectivity index (χ0v) is 15.9. The normalized spacial score (nSPS) is 10.7. The maximum absolute atomic E-state index is 12.6. The second-order valence-corrected chi connectivity index (χ2v) is 6.57. The lowest BCUT2D eigenvalue weighted by Crippen LogP contribution is -2.23. The van der Waals surface area contributed by atoms with E-state index in [1.807, 2.05) is 26.0 Å². The number of rotatable bonds is 6. The van der Waals surface area contributed by atoms with Crippen molar-refractivity contribution in [3.8, 4) is 5.75 Å². The highest BCUT2D eigenvalue weighted by Gasteiger charge is 2.20. The summed E-state index contributed by atoms with van der Waals surface area (Å²) in [5.41, 5.74) is 8.47. The van der Waals surface area contributed by atoms with E-state index in [9.17, 15) is 14.4 Å². The van der Waals surface area contributed by atoms with E-state index in [0.717, 1.165) is 16.9 Å². The number of nitrogens with one attached hydrogen (secondary N) is 1. The first-order chi connectivity index (χ1) is 13.3. The number of amides is 2. The molecule has 0 unspecified atom stereocenters. The molecule has 3 aromatic rings. The van der Waals surface area contributed by atoms with Gasteiger partial charge in [0.1, 0.15) is 12.3 Å². The molecular formula is C21H21N3O4. The Bertz CT molecular complexity index is 1100. The fourth-order valence-electron chi connectivity index (χ4n) is 3.18. The molecule has 144 valence electrons. The van der Waals surface area contributed by atoms with Crippen LogP contribution in [0.5, 0.6) is 5.75 Å². The maximum Gasteiger partial charge on any atom is 0.289 e. The number of hydrogen-bond acceptors (Lipinski definition) is 4. The second-order valence-electron chi connectivity index (χ2n) is 6.57. The van der Waals surface area contributed by atoms with E-state index in [0.29, 0.717) is 16.6 Å². The Morgan fingerprint density at radius 1 is 1.11 bits per heavy atom. The zero-order chi connectivity index (χ0) is 20.4. The van der Waals surface area contributed by atoms with Gasteiger partial charge in [-0.2, -0.15) is 0 Å². The van der Waals surface area contributed by atoms with E-state index in [1.165, 1.54) is 6.20 Å². The molecule has 0 fully saturated rings. The topological polar surface area (TPSA) is 103 Å². The average Bonchev–Trinajstić information content (AvgIpc) is 3.02. The number of ether oxygens (including phenoxy) is 1. The van der Waals surface area contributed by atoms with Gasteiger partial charge in [-0.05, 0) is 43.2 Å². The number of fused-ring (bicyclic) bond motifs is 1. The van der Waals surface area contributed by atoms with Crippen LogP contribution < -0.4 is 15.8 Å². The van der Waals surface area contributed by atoms with Crippen molar-refractivity contribution in [2.24, 2.45) is 5.73 Å². The quantitative estimate of drug-likeness (QED) is 0.507. The van der Waals surface area contributed by atoms with E-state index in [-0.39, 0.29) is 18.0 Å². The Morgan fingerprint density at radius 2 is 1.82 bits per heavy atom. The number of para-hydroxylation sites is 1. The first kappa shape index (κ1) is 19.2. The van der Waals surface area contributed by atoms with Gasteiger partial charge in [0, 0.05) is 22.8 Å². The van der Waals surface area contributed by atoms with Crippen molar-refractivity contribution >= 4 is 34.2 Å². The molecule has 7 nitrogen and oxygen atoms in total. The maximum atomic E-state index is 12.6. The number of primary amides is 1. The van der Waals surface area contributed by atoms with Crippen LogP contribution in [0.2, 0.25) is 0 Å². The number of carbonyl (C=O) groups excluding carboxylic acids is 3. The van der Waals surface area contributed by atoms with Crippen LogP contribution in [-0.2, 0) is 16.1 Å². The summed E-state index contributed by atoms with van der Waals surface area (Å²) in [5, 5.41) is 3.46. The van der Waals surface area contributed by atoms with Crippen LogP contribution in [0.4, 0.5) is 5.69 Å². The fraction of sp³-hybridized carbons (Fsp3) is 0.190. The molecule has 0 radical (unpaired) electrons. The second kappa shape index (κ2) is 7.56. The molecule has 0 aliphatic rings. The number of aryl methyl sites for hydroxylation is 2. The van der Waals surface area contributed by atoms with Gasteiger partial charge in [0.25, 0.3) is 11.7 Å². The molecule has 2 aromatic carbocycles. The predicted molar refractivity (Wildman–Crippen MR) is 107 cm³/mol. The summed E-state index contributed by atoms with van der Waals surface area (Å²) in [4.78, 5) is 36.0. The van der Waals surface area contributed by atoms with Gasteiger partial charge in [0.2, 0.25) is 5.91 Å². The standard InChI is InChI=1S/C21H21N3O4/c1-12-9-18(28-3)13(2)8-16(12)23-19(25)11-24-10-15(20(26)21(22)27)14-6-4-5-7-17(14)24/h4-10H,11H2,1-3H3,(H2,22,27)(H,23,25). The molecule has 0 aliphatic carbocycles. The Balaban J connectivity index is 1.89. The van der Waals surface area contributed by atoms with Crippen molar-refractivity contribution in [3.05, 3.63) is 59.3 Å². The minimum absolute atomic E-state index is 0.0168. The van der Waals surface area contributed by atoms with Gasteiger partial charge in [0.05, 0.1) is 12.7 Å². The largest absolute Gasteiger partial charge is 0.496 e. The Kier molecular flexibility index (Phi) is 5.17. The molecule has 2 amide bonds. The number of carbonyl (C=O) groups is 3. The minimum Gasteiger partial charge on any atom is -0.496 e. The molecule has 0 atom stereocenters. The SMILES string of the molecule is COc1cc(C)c(NC(=O)Cn2cc(C(=O)C(N)=O)c3ccccc32)cc1C. The number of ketones is 1. The lowest BCUT2D eigenvalue weighted by atomic mass is 10.1. The summed E-state index contributed by atoms with van der Waals surface area (Å²) in [6.07, 6.45) is 1.49. The van der Waals surface area contributed by atoms with Crippen molar-refractivity contribution < 1.29 is 19.1 Å². The third-order valence-corrected chi connectivity index (χ3v) is 4.59. The van der Waals surface area contributed by atoms with Crippen molar-refractivity contribution in [1.82, 2.24) is 4.57 Å². The van der Waals surface area contributed by atoms with E-state index in [1.54, 1.807) is 35.9 Å². The molecule has 0 spiro atoms. The summed E-state index contributed by atoms with van der Waals surface area (Å²) in [7, 11) is 1.60. The van der Waals surface area contributed by atoms with Gasteiger partial charge in [-0.1, -0.05) is 18.2 Å². The number of nitrogens with zero attached hydrogens (tertiary/aromatic N) is 1. The van der Waals surface area contributed by atoms with Crippen molar-refractivity contribution in [2.75, 3.05) is 12.4 Å². The number of methoxy groups -OCH3 is 1. The highest BCUT2D eigenvalue weighted by molar-refractivity contribution is 6.44. The van der Waals surface area contributed by atoms with Gasteiger partial charge < -0.3 is 20.4 Å². The number of Topliss-reactive ketones (excluding diaryl/α,β-unsaturated/α-hetero) is 1. The van der Waals surface area contributed by atoms with E-state index in [2.05, 4.69) is 5.32 Å². The summed E-state index contributed by atoms with van der Waals surface area (Å²) < 4.78 is 6.92. The van der Waals surface area contributed by atoms with Crippen LogP contribution in [0.15, 0.2) is 42.6 Å². The minimum atomic E-state index is -1.03. The molecule has 7 heteroatoms. The molecule has 3 rings (SSSR count). The number of aromatic nitrogens is 1. The van der Waals surface area contributed by atoms with Gasteiger partial charge >= 0.3 is 0 Å². The first-order valence-corrected chi connectivity index (χ1v) is 8.69. The highest BCUT2D eigenvalue weighted by atomic mass is 16.5. The Labute approximate surface area is 162 Å². The molecule has 0 bridgehead atoms. The lowest BCUT2D eigenvalue weighted by molar-refractivity contribution is -0.116. The van der Waals surface area contributed by atoms with Crippen LogP contribution in [0.25, 0.3) is 10.9 Å². The predicted octanol–water partition coefficient (Wildman–Crippen LogP) is 2.57. The van der Waals surface area contributed by atoms with Crippen LogP contribution in [0.3, 0.4) is 0 Å². The lowest BCUT2D eigenvalue weighted by Gasteiger charge is -2.13. The van der Waals surface area contributed by atoms with E-state index in [4.69, 9.17) is 10.5 Å². The molecular weight excluding hydrogens is 358 g/mol. The number of benzene rings is 2. The summed E-state index contributed by atoms with van der Waals surface area (Å²) in [5.74, 6) is -1.32. The summed E-state index contributed by atoms with van der Waals surface area (Å²) >= 11 is 0. The van der Waals surface area contributed by atoms with Crippen LogP contribution >= 0.6 is 0 Å². The molecule has 1 heterocycles. The summed E-state index contributed by atoms with van der Waals surface area (Å²) in [6.45, 7) is 3.76. The first-order valence-electron chi connectivity index (χ1n) is 8.69. The molecule has 0 aliphatic heterocycles. The average molecular weight is 379 g/mol. The zero-order valence-electron chi connectivity index (χ0n) is 15.9. The van der Waals surface area contributed by atoms with Gasteiger partial charge in [-0.25, -0.2) is 0 Å². The molecule has 0 saturated carbocycles.